The Labute approximate surface area is 173 Å². The van der Waals surface area contributed by atoms with Crippen molar-refractivity contribution in [3.05, 3.63) is 65.2 Å². The van der Waals surface area contributed by atoms with Crippen LogP contribution in [-0.2, 0) is 23.1 Å². The van der Waals surface area contributed by atoms with Crippen molar-refractivity contribution in [2.45, 2.75) is 37.2 Å². The SMILES string of the molecule is CN(C)Cc1ccccc1CNC(=O)c1cccc(S(=O)(=O)N2CCCCC2)c1. The van der Waals surface area contributed by atoms with E-state index in [0.717, 1.165) is 36.9 Å². The fourth-order valence-corrected chi connectivity index (χ4v) is 5.12. The van der Waals surface area contributed by atoms with Crippen LogP contribution in [0.15, 0.2) is 53.4 Å². The van der Waals surface area contributed by atoms with Crippen LogP contribution in [0.2, 0.25) is 0 Å². The number of nitrogens with one attached hydrogen (secondary N) is 1. The van der Waals surface area contributed by atoms with E-state index < -0.39 is 10.0 Å². The highest BCUT2D eigenvalue weighted by Gasteiger charge is 2.26. The van der Waals surface area contributed by atoms with E-state index >= 15 is 0 Å². The van der Waals surface area contributed by atoms with Gasteiger partial charge in [-0.25, -0.2) is 8.42 Å². The summed E-state index contributed by atoms with van der Waals surface area (Å²) in [6.07, 6.45) is 2.82. The van der Waals surface area contributed by atoms with Gasteiger partial charge in [0.1, 0.15) is 0 Å². The molecule has 2 aromatic rings. The molecule has 0 atom stereocenters. The molecule has 6 nitrogen and oxygen atoms in total. The minimum absolute atomic E-state index is 0.181. The maximum Gasteiger partial charge on any atom is 0.251 e. The fraction of sp³-hybridized carbons (Fsp3) is 0.409. The molecule has 1 aliphatic heterocycles. The lowest BCUT2D eigenvalue weighted by atomic mass is 10.1. The average Bonchev–Trinajstić information content (AvgIpc) is 2.73. The second kappa shape index (κ2) is 9.52. The maximum atomic E-state index is 12.9. The number of carbonyl (C=O) groups excluding carboxylic acids is 1. The van der Waals surface area contributed by atoms with Gasteiger partial charge < -0.3 is 10.2 Å². The number of hydrogen-bond acceptors (Lipinski definition) is 4. The monoisotopic (exact) mass is 415 g/mol. The highest BCUT2D eigenvalue weighted by molar-refractivity contribution is 7.89. The van der Waals surface area contributed by atoms with E-state index in [0.29, 0.717) is 25.2 Å². The Bertz CT molecular complexity index is 951. The molecule has 29 heavy (non-hydrogen) atoms. The van der Waals surface area contributed by atoms with Crippen LogP contribution in [0.1, 0.15) is 40.7 Å². The number of nitrogens with zero attached hydrogens (tertiary/aromatic N) is 2. The van der Waals surface area contributed by atoms with Gasteiger partial charge in [-0.05, 0) is 56.3 Å². The predicted octanol–water partition coefficient (Wildman–Crippen LogP) is 2.85. The summed E-state index contributed by atoms with van der Waals surface area (Å²) in [5.41, 5.74) is 2.55. The van der Waals surface area contributed by atoms with Crippen molar-refractivity contribution in [2.24, 2.45) is 0 Å². The average molecular weight is 416 g/mol. The number of amides is 1. The summed E-state index contributed by atoms with van der Waals surface area (Å²) in [6, 6.07) is 14.3. The molecule has 1 amide bonds. The van der Waals surface area contributed by atoms with Gasteiger partial charge in [0.25, 0.3) is 5.91 Å². The molecule has 0 aromatic heterocycles. The molecule has 0 spiro atoms. The molecule has 156 valence electrons. The molecular weight excluding hydrogens is 386 g/mol. The summed E-state index contributed by atoms with van der Waals surface area (Å²) in [6.45, 7) is 2.27. The normalized spacial score (nSPS) is 15.4. The molecule has 0 aliphatic carbocycles. The third-order valence-electron chi connectivity index (χ3n) is 5.09. The quantitative estimate of drug-likeness (QED) is 0.755. The molecule has 0 saturated carbocycles. The van der Waals surface area contributed by atoms with E-state index in [1.165, 1.54) is 10.4 Å². The largest absolute Gasteiger partial charge is 0.348 e. The summed E-state index contributed by atoms with van der Waals surface area (Å²) in [5, 5.41) is 2.92. The number of rotatable bonds is 7. The van der Waals surface area contributed by atoms with E-state index in [-0.39, 0.29) is 10.8 Å². The van der Waals surface area contributed by atoms with Crippen LogP contribution < -0.4 is 5.32 Å². The fourth-order valence-electron chi connectivity index (χ4n) is 3.55. The Morgan fingerprint density at radius 1 is 1.00 bits per heavy atom. The van der Waals surface area contributed by atoms with Crippen LogP contribution in [0.4, 0.5) is 0 Å². The smallest absolute Gasteiger partial charge is 0.251 e. The summed E-state index contributed by atoms with van der Waals surface area (Å²) < 4.78 is 27.3. The van der Waals surface area contributed by atoms with Gasteiger partial charge in [0.05, 0.1) is 4.90 Å². The third kappa shape index (κ3) is 5.44. The van der Waals surface area contributed by atoms with Crippen LogP contribution in [-0.4, -0.2) is 50.7 Å². The van der Waals surface area contributed by atoms with Crippen molar-refractivity contribution >= 4 is 15.9 Å². The molecule has 0 radical (unpaired) electrons. The zero-order valence-electron chi connectivity index (χ0n) is 17.1. The van der Waals surface area contributed by atoms with Crippen molar-refractivity contribution in [2.75, 3.05) is 27.2 Å². The minimum atomic E-state index is -3.56. The van der Waals surface area contributed by atoms with Gasteiger partial charge in [0.15, 0.2) is 0 Å². The number of benzene rings is 2. The Hall–Kier alpha value is -2.22. The Morgan fingerprint density at radius 3 is 2.38 bits per heavy atom. The van der Waals surface area contributed by atoms with Crippen molar-refractivity contribution in [1.82, 2.24) is 14.5 Å². The topological polar surface area (TPSA) is 69.7 Å². The lowest BCUT2D eigenvalue weighted by Crippen LogP contribution is -2.35. The predicted molar refractivity (Wildman–Crippen MR) is 114 cm³/mol. The summed E-state index contributed by atoms with van der Waals surface area (Å²) in [4.78, 5) is 14.9. The summed E-state index contributed by atoms with van der Waals surface area (Å²) in [5.74, 6) is -0.277. The summed E-state index contributed by atoms with van der Waals surface area (Å²) in [7, 11) is 0.450. The minimum Gasteiger partial charge on any atom is -0.348 e. The van der Waals surface area contributed by atoms with Crippen molar-refractivity contribution in [3.8, 4) is 0 Å². The molecule has 1 fully saturated rings. The third-order valence-corrected chi connectivity index (χ3v) is 6.99. The van der Waals surface area contributed by atoms with Crippen molar-refractivity contribution < 1.29 is 13.2 Å². The second-order valence-corrected chi connectivity index (χ2v) is 9.62. The zero-order chi connectivity index (χ0) is 20.9. The first kappa shape index (κ1) is 21.5. The van der Waals surface area contributed by atoms with Gasteiger partial charge in [0.2, 0.25) is 10.0 Å². The molecular formula is C22H29N3O3S. The Kier molecular flexibility index (Phi) is 7.05. The van der Waals surface area contributed by atoms with Gasteiger partial charge >= 0.3 is 0 Å². The zero-order valence-corrected chi connectivity index (χ0v) is 17.9. The molecule has 0 bridgehead atoms. The first-order chi connectivity index (χ1) is 13.9. The van der Waals surface area contributed by atoms with Gasteiger partial charge in [-0.1, -0.05) is 36.8 Å². The highest BCUT2D eigenvalue weighted by atomic mass is 32.2. The van der Waals surface area contributed by atoms with E-state index in [4.69, 9.17) is 0 Å². The van der Waals surface area contributed by atoms with Gasteiger partial charge in [-0.3, -0.25) is 4.79 Å². The molecule has 2 aromatic carbocycles. The van der Waals surface area contributed by atoms with E-state index in [9.17, 15) is 13.2 Å². The van der Waals surface area contributed by atoms with Crippen LogP contribution in [0.3, 0.4) is 0 Å². The van der Waals surface area contributed by atoms with Gasteiger partial charge in [-0.2, -0.15) is 4.31 Å². The number of piperidine rings is 1. The standard InChI is InChI=1S/C22H29N3O3S/c1-24(2)17-20-10-5-4-9-19(20)16-23-22(26)18-11-8-12-21(15-18)29(27,28)25-13-6-3-7-14-25/h4-5,8-12,15H,3,6-7,13-14,16-17H2,1-2H3,(H,23,26). The number of carbonyl (C=O) groups is 1. The maximum absolute atomic E-state index is 12.9. The first-order valence-electron chi connectivity index (χ1n) is 9.98. The van der Waals surface area contributed by atoms with Crippen molar-refractivity contribution in [3.63, 3.8) is 0 Å². The first-order valence-corrected chi connectivity index (χ1v) is 11.4. The molecule has 0 unspecified atom stereocenters. The summed E-state index contributed by atoms with van der Waals surface area (Å²) >= 11 is 0. The molecule has 3 rings (SSSR count). The Morgan fingerprint density at radius 2 is 1.69 bits per heavy atom. The molecule has 1 aliphatic rings. The van der Waals surface area contributed by atoms with Gasteiger partial charge in [0, 0.05) is 31.7 Å². The van der Waals surface area contributed by atoms with E-state index in [1.54, 1.807) is 18.2 Å². The highest BCUT2D eigenvalue weighted by Crippen LogP contribution is 2.21. The van der Waals surface area contributed by atoms with Crippen LogP contribution in [0.5, 0.6) is 0 Å². The number of hydrogen-bond donors (Lipinski definition) is 1. The van der Waals surface area contributed by atoms with Crippen molar-refractivity contribution in [1.29, 1.82) is 0 Å². The van der Waals surface area contributed by atoms with Crippen LogP contribution in [0, 0.1) is 0 Å². The van der Waals surface area contributed by atoms with Crippen LogP contribution >= 0.6 is 0 Å². The van der Waals surface area contributed by atoms with Crippen LogP contribution in [0.25, 0.3) is 0 Å². The molecule has 1 saturated heterocycles. The van der Waals surface area contributed by atoms with Gasteiger partial charge in [-0.15, -0.1) is 0 Å². The van der Waals surface area contributed by atoms with E-state index in [2.05, 4.69) is 10.2 Å². The lowest BCUT2D eigenvalue weighted by molar-refractivity contribution is 0.0950. The van der Waals surface area contributed by atoms with E-state index in [1.807, 2.05) is 38.4 Å². The molecule has 1 N–H and O–H groups in total. The Balaban J connectivity index is 1.72. The second-order valence-electron chi connectivity index (χ2n) is 7.68. The molecule has 1 heterocycles. The number of sulfonamides is 1. The molecule has 7 heteroatoms. The lowest BCUT2D eigenvalue weighted by Gasteiger charge is -2.26.